The molecule has 1 aliphatic heterocycles. The summed E-state index contributed by atoms with van der Waals surface area (Å²) in [5.74, 6) is 1.76. The first-order valence-electron chi connectivity index (χ1n) is 6.96. The van der Waals surface area contributed by atoms with E-state index in [-0.39, 0.29) is 0 Å². The largest absolute Gasteiger partial charge is 0.369 e. The molecule has 0 radical (unpaired) electrons. The smallest absolute Gasteiger partial charge is 0.0367 e. The predicted octanol–water partition coefficient (Wildman–Crippen LogP) is 2.76. The lowest BCUT2D eigenvalue weighted by Gasteiger charge is -2.37. The third-order valence-electron chi connectivity index (χ3n) is 3.85. The molecule has 1 aromatic carbocycles. The minimum Gasteiger partial charge on any atom is -0.369 e. The second kappa shape index (κ2) is 7.05. The van der Waals surface area contributed by atoms with Gasteiger partial charge >= 0.3 is 0 Å². The molecular weight excluding hydrogens is 240 g/mol. The van der Waals surface area contributed by atoms with Gasteiger partial charge in [-0.1, -0.05) is 31.5 Å². The summed E-state index contributed by atoms with van der Waals surface area (Å²) in [6.45, 7) is 8.13. The number of anilines is 1. The van der Waals surface area contributed by atoms with Crippen LogP contribution in [-0.4, -0.2) is 43.4 Å². The maximum absolute atomic E-state index is 4.43. The SMILES string of the molecule is CCC(CS)CN1CCN(c2ccccc2)CC1. The van der Waals surface area contributed by atoms with E-state index in [9.17, 15) is 0 Å². The van der Waals surface area contributed by atoms with Crippen molar-refractivity contribution in [3.05, 3.63) is 30.3 Å². The molecule has 1 aromatic rings. The van der Waals surface area contributed by atoms with Crippen LogP contribution in [0.1, 0.15) is 13.3 Å². The number of para-hydroxylation sites is 1. The fraction of sp³-hybridized carbons (Fsp3) is 0.600. The third-order valence-corrected chi connectivity index (χ3v) is 4.36. The molecule has 0 aliphatic carbocycles. The molecule has 3 heteroatoms. The molecular formula is C15H24N2S. The van der Waals surface area contributed by atoms with E-state index in [1.165, 1.54) is 31.7 Å². The van der Waals surface area contributed by atoms with Crippen LogP contribution in [0.25, 0.3) is 0 Å². The van der Waals surface area contributed by atoms with E-state index in [1.807, 2.05) is 0 Å². The van der Waals surface area contributed by atoms with Gasteiger partial charge in [-0.15, -0.1) is 0 Å². The summed E-state index contributed by atoms with van der Waals surface area (Å²) in [5, 5.41) is 0. The van der Waals surface area contributed by atoms with Crippen molar-refractivity contribution in [3.8, 4) is 0 Å². The van der Waals surface area contributed by atoms with Crippen LogP contribution in [0.4, 0.5) is 5.69 Å². The highest BCUT2D eigenvalue weighted by Crippen LogP contribution is 2.16. The average molecular weight is 264 g/mol. The Morgan fingerprint density at radius 2 is 1.78 bits per heavy atom. The zero-order valence-corrected chi connectivity index (χ0v) is 12.1. The maximum atomic E-state index is 4.43. The van der Waals surface area contributed by atoms with Crippen molar-refractivity contribution in [2.24, 2.45) is 5.92 Å². The Balaban J connectivity index is 1.81. The molecule has 0 saturated carbocycles. The zero-order chi connectivity index (χ0) is 12.8. The molecule has 0 spiro atoms. The van der Waals surface area contributed by atoms with Gasteiger partial charge in [-0.2, -0.15) is 12.6 Å². The Morgan fingerprint density at radius 1 is 1.11 bits per heavy atom. The van der Waals surface area contributed by atoms with Crippen LogP contribution in [0.3, 0.4) is 0 Å². The lowest BCUT2D eigenvalue weighted by atomic mass is 10.1. The van der Waals surface area contributed by atoms with E-state index in [1.54, 1.807) is 0 Å². The number of rotatable bonds is 5. The van der Waals surface area contributed by atoms with Gasteiger partial charge in [0.1, 0.15) is 0 Å². The Kier molecular flexibility index (Phi) is 5.39. The highest BCUT2D eigenvalue weighted by molar-refractivity contribution is 7.80. The summed E-state index contributed by atoms with van der Waals surface area (Å²) in [7, 11) is 0. The first-order valence-corrected chi connectivity index (χ1v) is 7.60. The van der Waals surface area contributed by atoms with Crippen LogP contribution in [0, 0.1) is 5.92 Å². The quantitative estimate of drug-likeness (QED) is 0.817. The average Bonchev–Trinajstić information content (AvgIpc) is 2.46. The molecule has 0 bridgehead atoms. The van der Waals surface area contributed by atoms with Crippen molar-refractivity contribution in [2.45, 2.75) is 13.3 Å². The molecule has 1 aliphatic rings. The van der Waals surface area contributed by atoms with E-state index in [2.05, 4.69) is 59.7 Å². The van der Waals surface area contributed by atoms with Crippen molar-refractivity contribution >= 4 is 18.3 Å². The van der Waals surface area contributed by atoms with E-state index in [4.69, 9.17) is 0 Å². The molecule has 1 atom stereocenters. The normalized spacial score (nSPS) is 18.9. The standard InChI is InChI=1S/C15H24N2S/c1-2-14(13-18)12-16-8-10-17(11-9-16)15-6-4-3-5-7-15/h3-7,14,18H,2,8-13H2,1H3. The maximum Gasteiger partial charge on any atom is 0.0367 e. The van der Waals surface area contributed by atoms with Crippen LogP contribution in [0.5, 0.6) is 0 Å². The van der Waals surface area contributed by atoms with Crippen molar-refractivity contribution in [3.63, 3.8) is 0 Å². The van der Waals surface area contributed by atoms with Gasteiger partial charge in [0.05, 0.1) is 0 Å². The summed E-state index contributed by atoms with van der Waals surface area (Å²) in [4.78, 5) is 5.07. The minimum absolute atomic E-state index is 0.747. The second-order valence-corrected chi connectivity index (χ2v) is 5.45. The summed E-state index contributed by atoms with van der Waals surface area (Å²) < 4.78 is 0. The van der Waals surface area contributed by atoms with E-state index in [0.717, 1.165) is 24.8 Å². The molecule has 18 heavy (non-hydrogen) atoms. The fourth-order valence-electron chi connectivity index (χ4n) is 2.51. The van der Waals surface area contributed by atoms with Crippen LogP contribution in [-0.2, 0) is 0 Å². The molecule has 1 heterocycles. The lowest BCUT2D eigenvalue weighted by Crippen LogP contribution is -2.47. The fourth-order valence-corrected chi connectivity index (χ4v) is 2.88. The zero-order valence-electron chi connectivity index (χ0n) is 11.3. The van der Waals surface area contributed by atoms with Crippen molar-refractivity contribution in [1.82, 2.24) is 4.90 Å². The molecule has 2 nitrogen and oxygen atoms in total. The highest BCUT2D eigenvalue weighted by Gasteiger charge is 2.18. The van der Waals surface area contributed by atoms with Gasteiger partial charge in [-0.05, 0) is 23.8 Å². The Bertz CT molecular complexity index is 330. The van der Waals surface area contributed by atoms with Crippen LogP contribution in [0.15, 0.2) is 30.3 Å². The Morgan fingerprint density at radius 3 is 2.33 bits per heavy atom. The summed E-state index contributed by atoms with van der Waals surface area (Å²) >= 11 is 4.43. The number of hydrogen-bond donors (Lipinski definition) is 1. The van der Waals surface area contributed by atoms with Gasteiger partial charge in [-0.25, -0.2) is 0 Å². The summed E-state index contributed by atoms with van der Waals surface area (Å²) in [5.41, 5.74) is 1.36. The van der Waals surface area contributed by atoms with Gasteiger partial charge in [0, 0.05) is 38.4 Å². The number of nitrogens with zero attached hydrogens (tertiary/aromatic N) is 2. The van der Waals surface area contributed by atoms with Gasteiger partial charge in [-0.3, -0.25) is 4.90 Å². The van der Waals surface area contributed by atoms with E-state index in [0.29, 0.717) is 0 Å². The monoisotopic (exact) mass is 264 g/mol. The molecule has 2 rings (SSSR count). The lowest BCUT2D eigenvalue weighted by molar-refractivity contribution is 0.224. The highest BCUT2D eigenvalue weighted by atomic mass is 32.1. The van der Waals surface area contributed by atoms with Gasteiger partial charge in [0.25, 0.3) is 0 Å². The molecule has 1 fully saturated rings. The Labute approximate surface area is 116 Å². The van der Waals surface area contributed by atoms with Crippen molar-refractivity contribution < 1.29 is 0 Å². The van der Waals surface area contributed by atoms with Gasteiger partial charge in [0.15, 0.2) is 0 Å². The molecule has 1 unspecified atom stereocenters. The van der Waals surface area contributed by atoms with E-state index >= 15 is 0 Å². The molecule has 1 saturated heterocycles. The number of piperazine rings is 1. The summed E-state index contributed by atoms with van der Waals surface area (Å²) in [6, 6.07) is 10.7. The van der Waals surface area contributed by atoms with Crippen molar-refractivity contribution in [2.75, 3.05) is 43.4 Å². The summed E-state index contributed by atoms with van der Waals surface area (Å²) in [6.07, 6.45) is 1.24. The third kappa shape index (κ3) is 3.66. The topological polar surface area (TPSA) is 6.48 Å². The predicted molar refractivity (Wildman–Crippen MR) is 82.7 cm³/mol. The van der Waals surface area contributed by atoms with E-state index < -0.39 is 0 Å². The number of benzene rings is 1. The molecule has 0 N–H and O–H groups in total. The first-order chi connectivity index (χ1) is 8.83. The first kappa shape index (κ1) is 13.8. The van der Waals surface area contributed by atoms with Crippen molar-refractivity contribution in [1.29, 1.82) is 0 Å². The molecule has 0 amide bonds. The number of hydrogen-bond acceptors (Lipinski definition) is 3. The number of thiol groups is 1. The second-order valence-electron chi connectivity index (χ2n) is 5.08. The van der Waals surface area contributed by atoms with Crippen LogP contribution in [0.2, 0.25) is 0 Å². The molecule has 0 aromatic heterocycles. The van der Waals surface area contributed by atoms with Crippen LogP contribution >= 0.6 is 12.6 Å². The minimum atomic E-state index is 0.747. The van der Waals surface area contributed by atoms with Gasteiger partial charge < -0.3 is 4.90 Å². The molecule has 100 valence electrons. The van der Waals surface area contributed by atoms with Gasteiger partial charge in [0.2, 0.25) is 0 Å². The van der Waals surface area contributed by atoms with Crippen LogP contribution < -0.4 is 4.90 Å². The Hall–Kier alpha value is -0.670.